The molecule has 1 fully saturated rings. The molecule has 0 amide bonds. The Morgan fingerprint density at radius 2 is 2.20 bits per heavy atom. The van der Waals surface area contributed by atoms with Gasteiger partial charge in [-0.25, -0.2) is 0 Å². The van der Waals surface area contributed by atoms with Crippen LogP contribution in [0.5, 0.6) is 0 Å². The van der Waals surface area contributed by atoms with E-state index < -0.39 is 0 Å². The van der Waals surface area contributed by atoms with Gasteiger partial charge in [0.2, 0.25) is 5.89 Å². The summed E-state index contributed by atoms with van der Waals surface area (Å²) in [6.07, 6.45) is 3.68. The van der Waals surface area contributed by atoms with Crippen LogP contribution >= 0.6 is 0 Å². The predicted octanol–water partition coefficient (Wildman–Crippen LogP) is 1.97. The molecule has 0 saturated carbocycles. The molecule has 0 unspecified atom stereocenters. The maximum atomic E-state index is 5.11. The van der Waals surface area contributed by atoms with Crippen LogP contribution in [0.4, 0.5) is 0 Å². The molecule has 112 valence electrons. The molecule has 0 spiro atoms. The van der Waals surface area contributed by atoms with Crippen LogP contribution in [0.15, 0.2) is 9.52 Å². The Bertz CT molecular complexity index is 464. The number of hydrogen-bond acceptors (Lipinski definition) is 4. The van der Waals surface area contributed by atoms with E-state index >= 15 is 0 Å². The fourth-order valence-corrected chi connectivity index (χ4v) is 2.84. The fourth-order valence-electron chi connectivity index (χ4n) is 2.84. The molecule has 0 bridgehead atoms. The van der Waals surface area contributed by atoms with Crippen LogP contribution in [-0.4, -0.2) is 41.1 Å². The third-order valence-electron chi connectivity index (χ3n) is 4.42. The van der Waals surface area contributed by atoms with Crippen molar-refractivity contribution in [2.75, 3.05) is 20.1 Å². The number of likely N-dealkylation sites (tertiary alicyclic amines) is 1. The molecule has 2 rings (SSSR count). The van der Waals surface area contributed by atoms with Gasteiger partial charge in [-0.2, -0.15) is 4.98 Å². The van der Waals surface area contributed by atoms with Crippen LogP contribution in [0.2, 0.25) is 0 Å². The molecule has 1 aromatic rings. The van der Waals surface area contributed by atoms with Gasteiger partial charge in [-0.15, -0.1) is 0 Å². The van der Waals surface area contributed by atoms with E-state index in [4.69, 9.17) is 4.52 Å². The van der Waals surface area contributed by atoms with Crippen LogP contribution < -0.4 is 5.32 Å². The van der Waals surface area contributed by atoms with Gasteiger partial charge in [-0.3, -0.25) is 4.99 Å². The van der Waals surface area contributed by atoms with E-state index in [1.807, 2.05) is 14.0 Å². The summed E-state index contributed by atoms with van der Waals surface area (Å²) in [5.41, 5.74) is 0.443. The maximum absolute atomic E-state index is 5.11. The maximum Gasteiger partial charge on any atom is 0.246 e. The molecule has 0 aliphatic carbocycles. The zero-order valence-electron chi connectivity index (χ0n) is 12.9. The molecule has 0 atom stereocenters. The van der Waals surface area contributed by atoms with E-state index in [1.54, 1.807) is 0 Å². The fraction of sp³-hybridized carbons (Fsp3) is 0.786. The number of nitrogens with zero attached hydrogens (tertiary/aromatic N) is 4. The predicted molar refractivity (Wildman–Crippen MR) is 78.4 cm³/mol. The quantitative estimate of drug-likeness (QED) is 0.674. The minimum absolute atomic E-state index is 0.443. The first-order valence-electron chi connectivity index (χ1n) is 7.37. The van der Waals surface area contributed by atoms with E-state index in [0.29, 0.717) is 23.7 Å². The molecule has 1 aliphatic heterocycles. The highest BCUT2D eigenvalue weighted by molar-refractivity contribution is 5.80. The number of aromatic nitrogens is 2. The highest BCUT2D eigenvalue weighted by atomic mass is 16.5. The van der Waals surface area contributed by atoms with E-state index in [9.17, 15) is 0 Å². The van der Waals surface area contributed by atoms with Crippen molar-refractivity contribution in [2.24, 2.45) is 10.4 Å². The number of aliphatic imine (C=N–C) groups is 1. The van der Waals surface area contributed by atoms with Gasteiger partial charge >= 0.3 is 0 Å². The zero-order valence-corrected chi connectivity index (χ0v) is 12.9. The first kappa shape index (κ1) is 14.8. The average Bonchev–Trinajstić information content (AvgIpc) is 3.07. The lowest BCUT2D eigenvalue weighted by Gasteiger charge is -2.27. The first-order chi connectivity index (χ1) is 9.62. The van der Waals surface area contributed by atoms with Crippen LogP contribution in [-0.2, 0) is 6.54 Å². The lowest BCUT2D eigenvalue weighted by Crippen LogP contribution is -2.40. The normalized spacial score (nSPS) is 18.6. The smallest absolute Gasteiger partial charge is 0.246 e. The zero-order chi connectivity index (χ0) is 14.6. The summed E-state index contributed by atoms with van der Waals surface area (Å²) in [6.45, 7) is 9.04. The van der Waals surface area contributed by atoms with Crippen molar-refractivity contribution in [3.05, 3.63) is 11.7 Å². The molecule has 1 N–H and O–H groups in total. The Hall–Kier alpha value is -1.59. The third-order valence-corrected chi connectivity index (χ3v) is 4.42. The van der Waals surface area contributed by atoms with Crippen LogP contribution in [0.1, 0.15) is 44.8 Å². The monoisotopic (exact) mass is 279 g/mol. The second kappa shape index (κ2) is 6.24. The molecular weight excluding hydrogens is 254 g/mol. The summed E-state index contributed by atoms with van der Waals surface area (Å²) in [5, 5.41) is 7.09. The SMILES string of the molecule is CCC1(CC)CCN(C(=NC)NCc2nc(C)no2)C1. The molecule has 0 radical (unpaired) electrons. The Labute approximate surface area is 120 Å². The second-order valence-electron chi connectivity index (χ2n) is 5.51. The largest absolute Gasteiger partial charge is 0.347 e. The van der Waals surface area contributed by atoms with Gasteiger partial charge in [-0.05, 0) is 31.6 Å². The summed E-state index contributed by atoms with van der Waals surface area (Å²) in [6, 6.07) is 0. The van der Waals surface area contributed by atoms with E-state index in [2.05, 4.69) is 39.2 Å². The van der Waals surface area contributed by atoms with Crippen molar-refractivity contribution >= 4 is 5.96 Å². The summed E-state index contributed by atoms with van der Waals surface area (Å²) in [5.74, 6) is 2.18. The van der Waals surface area contributed by atoms with Crippen molar-refractivity contribution in [2.45, 2.75) is 46.6 Å². The summed E-state index contributed by atoms with van der Waals surface area (Å²) in [7, 11) is 1.82. The molecular formula is C14H25N5O. The Balaban J connectivity index is 1.93. The molecule has 2 heterocycles. The van der Waals surface area contributed by atoms with Crippen molar-refractivity contribution < 1.29 is 4.52 Å². The van der Waals surface area contributed by atoms with Gasteiger partial charge in [0.25, 0.3) is 0 Å². The number of rotatable bonds is 4. The first-order valence-corrected chi connectivity index (χ1v) is 7.37. The number of aryl methyl sites for hydroxylation is 1. The van der Waals surface area contributed by atoms with Crippen LogP contribution in [0.25, 0.3) is 0 Å². The Morgan fingerprint density at radius 3 is 2.70 bits per heavy atom. The van der Waals surface area contributed by atoms with E-state index in [-0.39, 0.29) is 0 Å². The van der Waals surface area contributed by atoms with Gasteiger partial charge in [0.05, 0.1) is 6.54 Å². The number of guanidine groups is 1. The minimum Gasteiger partial charge on any atom is -0.347 e. The molecule has 20 heavy (non-hydrogen) atoms. The standard InChI is InChI=1S/C14H25N5O/c1-5-14(6-2)7-8-19(10-14)13(15-4)16-9-12-17-11(3)18-20-12/h5-10H2,1-4H3,(H,15,16). The van der Waals surface area contributed by atoms with E-state index in [0.717, 1.165) is 19.0 Å². The second-order valence-corrected chi connectivity index (χ2v) is 5.51. The Kier molecular flexibility index (Phi) is 4.62. The van der Waals surface area contributed by atoms with Crippen molar-refractivity contribution in [3.63, 3.8) is 0 Å². The van der Waals surface area contributed by atoms with Crippen molar-refractivity contribution in [3.8, 4) is 0 Å². The van der Waals surface area contributed by atoms with Gasteiger partial charge in [0, 0.05) is 20.1 Å². The number of hydrogen-bond donors (Lipinski definition) is 1. The van der Waals surface area contributed by atoms with Gasteiger partial charge in [0.15, 0.2) is 11.8 Å². The summed E-state index contributed by atoms with van der Waals surface area (Å²) >= 11 is 0. The third kappa shape index (κ3) is 3.11. The molecule has 1 aromatic heterocycles. The van der Waals surface area contributed by atoms with Crippen LogP contribution in [0, 0.1) is 12.3 Å². The lowest BCUT2D eigenvalue weighted by molar-refractivity contribution is 0.275. The highest BCUT2D eigenvalue weighted by Crippen LogP contribution is 2.36. The van der Waals surface area contributed by atoms with Gasteiger partial charge in [0.1, 0.15) is 0 Å². The molecule has 1 saturated heterocycles. The van der Waals surface area contributed by atoms with Crippen molar-refractivity contribution in [1.82, 2.24) is 20.4 Å². The highest BCUT2D eigenvalue weighted by Gasteiger charge is 2.36. The number of nitrogens with one attached hydrogen (secondary N) is 1. The lowest BCUT2D eigenvalue weighted by atomic mass is 9.82. The van der Waals surface area contributed by atoms with E-state index in [1.165, 1.54) is 19.3 Å². The topological polar surface area (TPSA) is 66.5 Å². The summed E-state index contributed by atoms with van der Waals surface area (Å²) in [4.78, 5) is 10.9. The van der Waals surface area contributed by atoms with Gasteiger partial charge < -0.3 is 14.7 Å². The van der Waals surface area contributed by atoms with Crippen molar-refractivity contribution in [1.29, 1.82) is 0 Å². The molecule has 6 heteroatoms. The molecule has 1 aliphatic rings. The molecule has 0 aromatic carbocycles. The minimum atomic E-state index is 0.443. The van der Waals surface area contributed by atoms with Gasteiger partial charge in [-0.1, -0.05) is 19.0 Å². The summed E-state index contributed by atoms with van der Waals surface area (Å²) < 4.78 is 5.11. The Morgan fingerprint density at radius 1 is 1.45 bits per heavy atom. The molecule has 6 nitrogen and oxygen atoms in total. The van der Waals surface area contributed by atoms with Crippen LogP contribution in [0.3, 0.4) is 0 Å². The average molecular weight is 279 g/mol.